The van der Waals surface area contributed by atoms with Crippen molar-refractivity contribution in [2.75, 3.05) is 24.8 Å². The third-order valence-corrected chi connectivity index (χ3v) is 6.57. The molecule has 0 radical (unpaired) electrons. The number of carbonyl (C=O) groups excluding carboxylic acids is 2. The summed E-state index contributed by atoms with van der Waals surface area (Å²) in [5.41, 5.74) is 1.15. The summed E-state index contributed by atoms with van der Waals surface area (Å²) in [7, 11) is 1.55. The second-order valence-electron chi connectivity index (χ2n) is 8.04. The summed E-state index contributed by atoms with van der Waals surface area (Å²) in [5.74, 6) is 0.523. The van der Waals surface area contributed by atoms with Crippen LogP contribution in [0.25, 0.3) is 10.8 Å². The summed E-state index contributed by atoms with van der Waals surface area (Å²) in [6.07, 6.45) is 1.66. The predicted octanol–water partition coefficient (Wildman–Crippen LogP) is 3.82. The predicted molar refractivity (Wildman–Crippen MR) is 144 cm³/mol. The van der Waals surface area contributed by atoms with Crippen LogP contribution < -0.4 is 15.4 Å². The van der Waals surface area contributed by atoms with Crippen molar-refractivity contribution in [3.05, 3.63) is 90.8 Å². The third-order valence-electron chi connectivity index (χ3n) is 5.60. The number of nitrogens with one attached hydrogen (secondary N) is 2. The van der Waals surface area contributed by atoms with Gasteiger partial charge in [-0.2, -0.15) is 0 Å². The summed E-state index contributed by atoms with van der Waals surface area (Å²) < 4.78 is 6.84. The fourth-order valence-electron chi connectivity index (χ4n) is 3.79. The highest BCUT2D eigenvalue weighted by Gasteiger charge is 2.23. The number of hydrogen-bond acceptors (Lipinski definition) is 7. The summed E-state index contributed by atoms with van der Waals surface area (Å²) in [5, 5.41) is 26.6. The van der Waals surface area contributed by atoms with Gasteiger partial charge in [-0.05, 0) is 35.7 Å². The molecule has 0 aliphatic heterocycles. The van der Waals surface area contributed by atoms with Gasteiger partial charge in [0.2, 0.25) is 5.91 Å². The van der Waals surface area contributed by atoms with Crippen LogP contribution >= 0.6 is 11.8 Å². The maximum Gasteiger partial charge on any atom is 0.251 e. The molecule has 0 saturated carbocycles. The number of rotatable bonds is 11. The highest BCUT2D eigenvalue weighted by atomic mass is 32.2. The summed E-state index contributed by atoms with van der Waals surface area (Å²) >= 11 is 1.21. The molecule has 2 amide bonds. The second-order valence-corrected chi connectivity index (χ2v) is 8.98. The molecule has 1 atom stereocenters. The van der Waals surface area contributed by atoms with Crippen molar-refractivity contribution in [1.82, 2.24) is 20.1 Å². The molecule has 4 aromatic rings. The van der Waals surface area contributed by atoms with Crippen LogP contribution in [0.1, 0.15) is 22.2 Å². The number of carbonyl (C=O) groups is 2. The number of allylic oxidation sites excluding steroid dienone is 1. The second kappa shape index (κ2) is 12.2. The van der Waals surface area contributed by atoms with Crippen LogP contribution in [-0.4, -0.2) is 51.2 Å². The Bertz CT molecular complexity index is 1400. The van der Waals surface area contributed by atoms with Gasteiger partial charge in [0.25, 0.3) is 5.91 Å². The average Bonchev–Trinajstić information content (AvgIpc) is 3.33. The lowest BCUT2D eigenvalue weighted by Gasteiger charge is -2.17. The van der Waals surface area contributed by atoms with Crippen LogP contribution in [0.15, 0.2) is 84.5 Å². The standard InChI is InChI=1S/C27H27N5O4S/c1-3-15-32-25(23(16-33)29-26(35)19-11-13-20(36-2)14-12-19)30-31-27(32)37-17-24(34)28-22-10-6-8-18-7-4-5-9-21(18)22/h3-14,23,33H,1,15-17H2,2H3,(H,28,34)(H,29,35)/t23-/m1/s1. The first kappa shape index (κ1) is 25.9. The van der Waals surface area contributed by atoms with Crippen LogP contribution in [0.3, 0.4) is 0 Å². The lowest BCUT2D eigenvalue weighted by Crippen LogP contribution is -2.33. The normalized spacial score (nSPS) is 11.6. The molecule has 3 N–H and O–H groups in total. The van der Waals surface area contributed by atoms with Gasteiger partial charge in [0.1, 0.15) is 11.8 Å². The maximum absolute atomic E-state index is 12.7. The fraction of sp³-hybridized carbons (Fsp3) is 0.185. The molecule has 0 aliphatic rings. The van der Waals surface area contributed by atoms with E-state index in [4.69, 9.17) is 4.74 Å². The fourth-order valence-corrected chi connectivity index (χ4v) is 4.55. The van der Waals surface area contributed by atoms with Crippen molar-refractivity contribution >= 4 is 40.0 Å². The maximum atomic E-state index is 12.7. The number of benzene rings is 3. The van der Waals surface area contributed by atoms with Gasteiger partial charge in [-0.1, -0.05) is 54.2 Å². The van der Waals surface area contributed by atoms with Crippen LogP contribution in [0.4, 0.5) is 5.69 Å². The molecule has 190 valence electrons. The highest BCUT2D eigenvalue weighted by molar-refractivity contribution is 7.99. The smallest absolute Gasteiger partial charge is 0.251 e. The minimum atomic E-state index is -0.805. The van der Waals surface area contributed by atoms with Gasteiger partial charge in [-0.3, -0.25) is 9.59 Å². The molecule has 3 aromatic carbocycles. The summed E-state index contributed by atoms with van der Waals surface area (Å²) in [6.45, 7) is 3.73. The van der Waals surface area contributed by atoms with Crippen LogP contribution in [0, 0.1) is 0 Å². The number of aromatic nitrogens is 3. The number of aliphatic hydroxyl groups is 1. The number of aliphatic hydroxyl groups excluding tert-OH is 1. The third kappa shape index (κ3) is 6.16. The van der Waals surface area contributed by atoms with Crippen molar-refractivity contribution in [3.8, 4) is 5.75 Å². The van der Waals surface area contributed by atoms with Crippen molar-refractivity contribution in [3.63, 3.8) is 0 Å². The number of nitrogens with zero attached hydrogens (tertiary/aromatic N) is 3. The molecule has 0 fully saturated rings. The van der Waals surface area contributed by atoms with Gasteiger partial charge in [0, 0.05) is 23.2 Å². The van der Waals surface area contributed by atoms with E-state index < -0.39 is 6.04 Å². The van der Waals surface area contributed by atoms with E-state index in [-0.39, 0.29) is 24.2 Å². The molecule has 4 rings (SSSR count). The topological polar surface area (TPSA) is 118 Å². The lowest BCUT2D eigenvalue weighted by atomic mass is 10.1. The first-order chi connectivity index (χ1) is 18.0. The van der Waals surface area contributed by atoms with Crippen LogP contribution in [0.2, 0.25) is 0 Å². The van der Waals surface area contributed by atoms with Gasteiger partial charge in [-0.25, -0.2) is 0 Å². The minimum Gasteiger partial charge on any atom is -0.497 e. The van der Waals surface area contributed by atoms with Crippen molar-refractivity contribution in [1.29, 1.82) is 0 Å². The van der Waals surface area contributed by atoms with Crippen molar-refractivity contribution < 1.29 is 19.4 Å². The molecule has 1 heterocycles. The largest absolute Gasteiger partial charge is 0.497 e. The van der Waals surface area contributed by atoms with E-state index in [9.17, 15) is 14.7 Å². The quantitative estimate of drug-likeness (QED) is 0.204. The molecule has 0 bridgehead atoms. The Balaban J connectivity index is 1.45. The van der Waals surface area contributed by atoms with Gasteiger partial charge in [0.05, 0.1) is 19.5 Å². The Kier molecular flexibility index (Phi) is 8.55. The van der Waals surface area contributed by atoms with Crippen molar-refractivity contribution in [2.24, 2.45) is 0 Å². The number of methoxy groups -OCH3 is 1. The molecule has 37 heavy (non-hydrogen) atoms. The zero-order chi connectivity index (χ0) is 26.2. The van der Waals surface area contributed by atoms with Gasteiger partial charge >= 0.3 is 0 Å². The van der Waals surface area contributed by atoms with E-state index in [1.54, 1.807) is 42.0 Å². The first-order valence-electron chi connectivity index (χ1n) is 11.5. The number of hydrogen-bond donors (Lipinski definition) is 3. The number of fused-ring (bicyclic) bond motifs is 1. The van der Waals surface area contributed by atoms with E-state index >= 15 is 0 Å². The molecule has 0 spiro atoms. The monoisotopic (exact) mass is 517 g/mol. The Morgan fingerprint density at radius 2 is 1.86 bits per heavy atom. The molecule has 0 saturated heterocycles. The Morgan fingerprint density at radius 3 is 2.59 bits per heavy atom. The molecule has 9 nitrogen and oxygen atoms in total. The Hall–Kier alpha value is -4.15. The number of amides is 2. The summed E-state index contributed by atoms with van der Waals surface area (Å²) in [6, 6.07) is 19.4. The van der Waals surface area contributed by atoms with E-state index in [0.29, 0.717) is 28.8 Å². The lowest BCUT2D eigenvalue weighted by molar-refractivity contribution is -0.113. The number of thioether (sulfide) groups is 1. The van der Waals surface area contributed by atoms with E-state index in [0.717, 1.165) is 16.5 Å². The van der Waals surface area contributed by atoms with Gasteiger partial charge < -0.3 is 25.0 Å². The average molecular weight is 518 g/mol. The SMILES string of the molecule is C=CCn1c(SCC(=O)Nc2cccc3ccccc23)nnc1[C@@H](CO)NC(=O)c1ccc(OC)cc1. The van der Waals surface area contributed by atoms with Crippen LogP contribution in [-0.2, 0) is 11.3 Å². The molecular formula is C27H27N5O4S. The summed E-state index contributed by atoms with van der Waals surface area (Å²) in [4.78, 5) is 25.5. The Labute approximate surface area is 218 Å². The number of anilines is 1. The Morgan fingerprint density at radius 1 is 1.11 bits per heavy atom. The van der Waals surface area contributed by atoms with E-state index in [1.807, 2.05) is 42.5 Å². The first-order valence-corrected chi connectivity index (χ1v) is 12.5. The number of ether oxygens (including phenoxy) is 1. The van der Waals surface area contributed by atoms with E-state index in [2.05, 4.69) is 27.4 Å². The minimum absolute atomic E-state index is 0.0977. The molecule has 0 aliphatic carbocycles. The van der Waals surface area contributed by atoms with Gasteiger partial charge in [0.15, 0.2) is 11.0 Å². The van der Waals surface area contributed by atoms with Gasteiger partial charge in [-0.15, -0.1) is 16.8 Å². The van der Waals surface area contributed by atoms with Crippen LogP contribution in [0.5, 0.6) is 5.75 Å². The molecule has 1 aromatic heterocycles. The van der Waals surface area contributed by atoms with E-state index in [1.165, 1.54) is 11.8 Å². The van der Waals surface area contributed by atoms with Crippen molar-refractivity contribution in [2.45, 2.75) is 17.7 Å². The molecule has 10 heteroatoms. The zero-order valence-electron chi connectivity index (χ0n) is 20.3. The molecule has 0 unspecified atom stereocenters. The highest BCUT2D eigenvalue weighted by Crippen LogP contribution is 2.25. The molecular weight excluding hydrogens is 490 g/mol. The zero-order valence-corrected chi connectivity index (χ0v) is 21.1.